The lowest BCUT2D eigenvalue weighted by atomic mass is 9.78. The molecule has 0 unspecified atom stereocenters. The molecule has 0 saturated carbocycles. The SMILES string of the molecule is C=CN=C/C(=C\C)N1CC(C)(CCC)C1.CC. The van der Waals surface area contributed by atoms with E-state index in [2.05, 4.69) is 43.3 Å². The molecule has 2 nitrogen and oxygen atoms in total. The molecule has 17 heavy (non-hydrogen) atoms. The second kappa shape index (κ2) is 8.10. The van der Waals surface area contributed by atoms with E-state index in [9.17, 15) is 0 Å². The zero-order valence-electron chi connectivity index (χ0n) is 12.2. The maximum absolute atomic E-state index is 4.07. The molecular weight excluding hydrogens is 208 g/mol. The average molecular weight is 236 g/mol. The van der Waals surface area contributed by atoms with Crippen molar-refractivity contribution in [2.24, 2.45) is 10.4 Å². The smallest absolute Gasteiger partial charge is 0.0509 e. The summed E-state index contributed by atoms with van der Waals surface area (Å²) in [6.45, 7) is 16.6. The number of nitrogens with zero attached hydrogens (tertiary/aromatic N) is 2. The molecule has 98 valence electrons. The van der Waals surface area contributed by atoms with Gasteiger partial charge in [-0.1, -0.05) is 46.8 Å². The van der Waals surface area contributed by atoms with Crippen LogP contribution in [-0.2, 0) is 0 Å². The Bertz CT molecular complexity index is 271. The molecule has 0 atom stereocenters. The first-order valence-electron chi connectivity index (χ1n) is 6.70. The number of hydrogen-bond donors (Lipinski definition) is 0. The van der Waals surface area contributed by atoms with Gasteiger partial charge in [-0.05, 0) is 13.3 Å². The third-order valence-electron chi connectivity index (χ3n) is 2.97. The molecule has 1 aliphatic rings. The number of likely N-dealkylation sites (tertiary alicyclic amines) is 1. The number of aliphatic imine (C=N–C) groups is 1. The van der Waals surface area contributed by atoms with Crippen LogP contribution < -0.4 is 0 Å². The second-order valence-electron chi connectivity index (χ2n) is 4.59. The maximum Gasteiger partial charge on any atom is 0.0509 e. The maximum atomic E-state index is 4.07. The van der Waals surface area contributed by atoms with Crippen LogP contribution in [0.1, 0.15) is 47.5 Å². The van der Waals surface area contributed by atoms with Crippen molar-refractivity contribution in [1.82, 2.24) is 4.90 Å². The lowest BCUT2D eigenvalue weighted by Gasteiger charge is -2.50. The topological polar surface area (TPSA) is 15.6 Å². The first-order valence-corrected chi connectivity index (χ1v) is 6.70. The van der Waals surface area contributed by atoms with Gasteiger partial charge in [0.1, 0.15) is 0 Å². The van der Waals surface area contributed by atoms with Gasteiger partial charge in [0.2, 0.25) is 0 Å². The molecule has 0 aromatic rings. The van der Waals surface area contributed by atoms with E-state index < -0.39 is 0 Å². The van der Waals surface area contributed by atoms with E-state index in [0.717, 1.165) is 13.1 Å². The third-order valence-corrected chi connectivity index (χ3v) is 2.97. The summed E-state index contributed by atoms with van der Waals surface area (Å²) in [6, 6.07) is 0. The van der Waals surface area contributed by atoms with Crippen LogP contribution in [0.4, 0.5) is 0 Å². The van der Waals surface area contributed by atoms with Crippen molar-refractivity contribution in [1.29, 1.82) is 0 Å². The minimum absolute atomic E-state index is 0.519. The monoisotopic (exact) mass is 236 g/mol. The van der Waals surface area contributed by atoms with Gasteiger partial charge < -0.3 is 4.90 Å². The Kier molecular flexibility index (Phi) is 7.60. The number of allylic oxidation sites excluding steroid dienone is 2. The molecule has 0 amide bonds. The minimum atomic E-state index is 0.519. The van der Waals surface area contributed by atoms with Crippen molar-refractivity contribution < 1.29 is 0 Å². The van der Waals surface area contributed by atoms with E-state index >= 15 is 0 Å². The molecule has 0 spiro atoms. The third kappa shape index (κ3) is 4.76. The molecular formula is C15H28N2. The summed E-state index contributed by atoms with van der Waals surface area (Å²) in [5, 5.41) is 0. The fourth-order valence-corrected chi connectivity index (χ4v) is 2.29. The van der Waals surface area contributed by atoms with Gasteiger partial charge in [0, 0.05) is 30.9 Å². The molecule has 0 aromatic carbocycles. The highest BCUT2D eigenvalue weighted by Crippen LogP contribution is 2.36. The van der Waals surface area contributed by atoms with Crippen LogP contribution in [0.15, 0.2) is 29.5 Å². The molecule has 0 N–H and O–H groups in total. The minimum Gasteiger partial charge on any atom is -0.369 e. The van der Waals surface area contributed by atoms with Gasteiger partial charge in [0.25, 0.3) is 0 Å². The fourth-order valence-electron chi connectivity index (χ4n) is 2.29. The Morgan fingerprint density at radius 3 is 2.41 bits per heavy atom. The van der Waals surface area contributed by atoms with Crippen LogP contribution in [0.3, 0.4) is 0 Å². The molecule has 1 aliphatic heterocycles. The first kappa shape index (κ1) is 16.0. The van der Waals surface area contributed by atoms with Crippen molar-refractivity contribution >= 4 is 6.21 Å². The summed E-state index contributed by atoms with van der Waals surface area (Å²) in [7, 11) is 0. The van der Waals surface area contributed by atoms with Gasteiger partial charge in [0.15, 0.2) is 0 Å². The molecule has 2 heteroatoms. The lowest BCUT2D eigenvalue weighted by molar-refractivity contribution is 0.0438. The normalized spacial score (nSPS) is 18.4. The van der Waals surface area contributed by atoms with Crippen LogP contribution >= 0.6 is 0 Å². The predicted molar refractivity (Wildman–Crippen MR) is 78.4 cm³/mol. The Hall–Kier alpha value is -1.05. The zero-order valence-corrected chi connectivity index (χ0v) is 12.2. The summed E-state index contributed by atoms with van der Waals surface area (Å²) in [5.41, 5.74) is 1.73. The molecule has 1 saturated heterocycles. The van der Waals surface area contributed by atoms with Gasteiger partial charge in [-0.25, -0.2) is 0 Å². The quantitative estimate of drug-likeness (QED) is 0.651. The molecule has 0 radical (unpaired) electrons. The van der Waals surface area contributed by atoms with Crippen molar-refractivity contribution in [3.8, 4) is 0 Å². The number of hydrogen-bond acceptors (Lipinski definition) is 2. The van der Waals surface area contributed by atoms with Crippen molar-refractivity contribution in [2.45, 2.75) is 47.5 Å². The van der Waals surface area contributed by atoms with E-state index in [1.165, 1.54) is 18.5 Å². The van der Waals surface area contributed by atoms with Crippen LogP contribution in [-0.4, -0.2) is 24.2 Å². The molecule has 1 heterocycles. The number of rotatable bonds is 5. The van der Waals surface area contributed by atoms with Crippen LogP contribution in [0.5, 0.6) is 0 Å². The second-order valence-corrected chi connectivity index (χ2v) is 4.59. The van der Waals surface area contributed by atoms with Gasteiger partial charge in [0.05, 0.1) is 5.70 Å². The predicted octanol–water partition coefficient (Wildman–Crippen LogP) is 4.25. The van der Waals surface area contributed by atoms with Crippen molar-refractivity contribution in [3.05, 3.63) is 24.6 Å². The van der Waals surface area contributed by atoms with Crippen LogP contribution in [0.25, 0.3) is 0 Å². The van der Waals surface area contributed by atoms with Gasteiger partial charge in [-0.3, -0.25) is 4.99 Å². The van der Waals surface area contributed by atoms with Gasteiger partial charge in [-0.2, -0.15) is 0 Å². The highest BCUT2D eigenvalue weighted by atomic mass is 15.2. The van der Waals surface area contributed by atoms with Crippen LogP contribution in [0.2, 0.25) is 0 Å². The molecule has 0 aromatic heterocycles. The molecule has 0 bridgehead atoms. The van der Waals surface area contributed by atoms with E-state index in [4.69, 9.17) is 0 Å². The average Bonchev–Trinajstić information content (AvgIpc) is 2.31. The summed E-state index contributed by atoms with van der Waals surface area (Å²) in [4.78, 5) is 6.45. The largest absolute Gasteiger partial charge is 0.369 e. The zero-order chi connectivity index (χ0) is 13.3. The summed E-state index contributed by atoms with van der Waals surface area (Å²) >= 11 is 0. The van der Waals surface area contributed by atoms with Gasteiger partial charge >= 0.3 is 0 Å². The Balaban J connectivity index is 0.00000121. The Morgan fingerprint density at radius 1 is 1.41 bits per heavy atom. The lowest BCUT2D eigenvalue weighted by Crippen LogP contribution is -2.53. The molecule has 1 rings (SSSR count). The highest BCUT2D eigenvalue weighted by Gasteiger charge is 2.37. The van der Waals surface area contributed by atoms with Crippen molar-refractivity contribution in [2.75, 3.05) is 13.1 Å². The first-order chi connectivity index (χ1) is 8.15. The summed E-state index contributed by atoms with van der Waals surface area (Å²) in [6.07, 6.45) is 8.17. The van der Waals surface area contributed by atoms with Crippen LogP contribution in [0, 0.1) is 5.41 Å². The van der Waals surface area contributed by atoms with Crippen molar-refractivity contribution in [3.63, 3.8) is 0 Å². The Labute approximate surface area is 107 Å². The summed E-state index contributed by atoms with van der Waals surface area (Å²) in [5.74, 6) is 0. The molecule has 1 fully saturated rings. The van der Waals surface area contributed by atoms with E-state index in [0.29, 0.717) is 5.41 Å². The van der Waals surface area contributed by atoms with Gasteiger partial charge in [-0.15, -0.1) is 0 Å². The van der Waals surface area contributed by atoms with E-state index in [1.807, 2.05) is 20.1 Å². The fraction of sp³-hybridized carbons (Fsp3) is 0.667. The Morgan fingerprint density at radius 2 is 2.00 bits per heavy atom. The highest BCUT2D eigenvalue weighted by molar-refractivity contribution is 5.78. The van der Waals surface area contributed by atoms with E-state index in [-0.39, 0.29) is 0 Å². The van der Waals surface area contributed by atoms with E-state index in [1.54, 1.807) is 6.20 Å². The standard InChI is InChI=1S/C13H22N2.C2H6/c1-5-8-13(4)10-15(11-13)12(6-2)9-14-7-3;1-2/h6-7,9H,3,5,8,10-11H2,1-2,4H3;1-2H3/b12-6+,14-9?;. The summed E-state index contributed by atoms with van der Waals surface area (Å²) < 4.78 is 0. The molecule has 0 aliphatic carbocycles.